The van der Waals surface area contributed by atoms with Crippen LogP contribution in [0.15, 0.2) is 35.3 Å². The maximum atomic E-state index is 12.7. The number of ether oxygens (including phenoxy) is 3. The number of nitrogens with zero attached hydrogens (tertiary/aromatic N) is 1. The van der Waals surface area contributed by atoms with Gasteiger partial charge in [0.1, 0.15) is 12.1 Å². The smallest absolute Gasteiger partial charge is 0.325 e. The number of esters is 1. The Morgan fingerprint density at radius 2 is 1.79 bits per heavy atom. The number of aryl methyl sites for hydroxylation is 3. The molecule has 1 amide bonds. The summed E-state index contributed by atoms with van der Waals surface area (Å²) in [7, 11) is 4.35. The predicted octanol–water partition coefficient (Wildman–Crippen LogP) is 1.32. The zero-order valence-electron chi connectivity index (χ0n) is 16.4. The molecule has 1 aromatic carbocycles. The number of methoxy groups -OCH3 is 3. The molecule has 0 aliphatic carbocycles. The molecule has 1 aromatic heterocycles. The van der Waals surface area contributed by atoms with Gasteiger partial charge in [0.2, 0.25) is 0 Å². The van der Waals surface area contributed by atoms with E-state index in [1.165, 1.54) is 11.7 Å². The van der Waals surface area contributed by atoms with Crippen LogP contribution in [0.5, 0.6) is 11.5 Å². The summed E-state index contributed by atoms with van der Waals surface area (Å²) in [5, 5.41) is 2.40. The Balaban J connectivity index is 2.18. The Labute approximate surface area is 163 Å². The minimum absolute atomic E-state index is 0.0127. The van der Waals surface area contributed by atoms with Crippen molar-refractivity contribution in [2.45, 2.75) is 19.9 Å². The molecule has 150 valence electrons. The fourth-order valence-corrected chi connectivity index (χ4v) is 2.72. The Bertz CT molecular complexity index is 919. The summed E-state index contributed by atoms with van der Waals surface area (Å²) in [6.07, 6.45) is 2.21. The zero-order valence-corrected chi connectivity index (χ0v) is 16.4. The largest absolute Gasteiger partial charge is 0.493 e. The first-order valence-electron chi connectivity index (χ1n) is 8.67. The summed E-state index contributed by atoms with van der Waals surface area (Å²) in [4.78, 5) is 36.3. The van der Waals surface area contributed by atoms with Crippen molar-refractivity contribution in [3.8, 4) is 11.5 Å². The van der Waals surface area contributed by atoms with Crippen LogP contribution >= 0.6 is 0 Å². The molecule has 0 atom stereocenters. The lowest BCUT2D eigenvalue weighted by Gasteiger charge is -2.12. The van der Waals surface area contributed by atoms with Gasteiger partial charge in [0.05, 0.1) is 21.3 Å². The molecule has 28 heavy (non-hydrogen) atoms. The van der Waals surface area contributed by atoms with E-state index < -0.39 is 17.4 Å². The predicted molar refractivity (Wildman–Crippen MR) is 103 cm³/mol. The quantitative estimate of drug-likeness (QED) is 0.685. The molecule has 0 bridgehead atoms. The third kappa shape index (κ3) is 4.91. The normalized spacial score (nSPS) is 10.3. The molecule has 0 unspecified atom stereocenters. The lowest BCUT2D eigenvalue weighted by atomic mass is 10.1. The Kier molecular flexibility index (Phi) is 7.20. The van der Waals surface area contributed by atoms with Crippen LogP contribution in [0.4, 0.5) is 0 Å². The number of amides is 1. The number of carbonyl (C=O) groups is 2. The second-order valence-corrected chi connectivity index (χ2v) is 6.07. The van der Waals surface area contributed by atoms with Gasteiger partial charge < -0.3 is 24.1 Å². The van der Waals surface area contributed by atoms with E-state index >= 15 is 0 Å². The summed E-state index contributed by atoms with van der Waals surface area (Å²) < 4.78 is 16.5. The van der Waals surface area contributed by atoms with Crippen LogP contribution in [0.2, 0.25) is 0 Å². The van der Waals surface area contributed by atoms with Crippen LogP contribution in [0.3, 0.4) is 0 Å². The number of hydrogen-bond donors (Lipinski definition) is 1. The maximum absolute atomic E-state index is 12.7. The summed E-state index contributed by atoms with van der Waals surface area (Å²) in [6.45, 7) is 1.76. The third-order valence-electron chi connectivity index (χ3n) is 4.31. The van der Waals surface area contributed by atoms with E-state index in [1.807, 2.05) is 12.1 Å². The van der Waals surface area contributed by atoms with Crippen LogP contribution in [-0.2, 0) is 22.5 Å². The summed E-state index contributed by atoms with van der Waals surface area (Å²) in [5.41, 5.74) is 1.10. The zero-order chi connectivity index (χ0) is 20.7. The minimum Gasteiger partial charge on any atom is -0.493 e. The first-order valence-corrected chi connectivity index (χ1v) is 8.67. The van der Waals surface area contributed by atoms with Crippen molar-refractivity contribution >= 4 is 11.9 Å². The average Bonchev–Trinajstić information content (AvgIpc) is 2.71. The van der Waals surface area contributed by atoms with Crippen molar-refractivity contribution in [3.63, 3.8) is 0 Å². The van der Waals surface area contributed by atoms with E-state index in [0.717, 1.165) is 5.56 Å². The molecule has 0 saturated carbocycles. The molecule has 8 nitrogen and oxygen atoms in total. The standard InChI is InChI=1S/C20H24N2O6/c1-13-7-9-22(20(25)18(13)19(24)21-12-17(23)28-4)10-8-14-5-6-15(26-2)16(11-14)27-3/h5-7,9,11H,8,10,12H2,1-4H3,(H,21,24). The topological polar surface area (TPSA) is 95.9 Å². The Morgan fingerprint density at radius 3 is 2.43 bits per heavy atom. The second kappa shape index (κ2) is 9.59. The summed E-state index contributed by atoms with van der Waals surface area (Å²) in [6, 6.07) is 7.24. The van der Waals surface area contributed by atoms with Gasteiger partial charge in [0.25, 0.3) is 11.5 Å². The molecule has 1 heterocycles. The molecule has 0 aliphatic rings. The number of rotatable bonds is 8. The van der Waals surface area contributed by atoms with E-state index in [4.69, 9.17) is 9.47 Å². The molecule has 0 fully saturated rings. The van der Waals surface area contributed by atoms with Gasteiger partial charge in [-0.25, -0.2) is 0 Å². The van der Waals surface area contributed by atoms with Gasteiger partial charge in [-0.05, 0) is 42.7 Å². The highest BCUT2D eigenvalue weighted by atomic mass is 16.5. The van der Waals surface area contributed by atoms with E-state index in [2.05, 4.69) is 10.1 Å². The van der Waals surface area contributed by atoms with E-state index in [-0.39, 0.29) is 12.1 Å². The Morgan fingerprint density at radius 1 is 1.07 bits per heavy atom. The highest BCUT2D eigenvalue weighted by Crippen LogP contribution is 2.27. The van der Waals surface area contributed by atoms with Crippen LogP contribution in [0.1, 0.15) is 21.5 Å². The number of nitrogens with one attached hydrogen (secondary N) is 1. The molecule has 1 N–H and O–H groups in total. The summed E-state index contributed by atoms with van der Waals surface area (Å²) >= 11 is 0. The number of benzene rings is 1. The fourth-order valence-electron chi connectivity index (χ4n) is 2.72. The van der Waals surface area contributed by atoms with Crippen molar-refractivity contribution in [1.82, 2.24) is 9.88 Å². The van der Waals surface area contributed by atoms with Gasteiger partial charge in [0, 0.05) is 12.7 Å². The van der Waals surface area contributed by atoms with Gasteiger partial charge >= 0.3 is 5.97 Å². The maximum Gasteiger partial charge on any atom is 0.325 e. The monoisotopic (exact) mass is 388 g/mol. The molecule has 0 radical (unpaired) electrons. The molecule has 0 aliphatic heterocycles. The first-order chi connectivity index (χ1) is 13.4. The van der Waals surface area contributed by atoms with E-state index in [9.17, 15) is 14.4 Å². The van der Waals surface area contributed by atoms with Crippen molar-refractivity contribution in [1.29, 1.82) is 0 Å². The number of carbonyl (C=O) groups excluding carboxylic acids is 2. The summed E-state index contributed by atoms with van der Waals surface area (Å²) in [5.74, 6) is 0.0477. The number of aromatic nitrogens is 1. The Hall–Kier alpha value is -3.29. The van der Waals surface area contributed by atoms with Crippen LogP contribution in [0.25, 0.3) is 0 Å². The average molecular weight is 388 g/mol. The van der Waals surface area contributed by atoms with Crippen LogP contribution in [0, 0.1) is 6.92 Å². The van der Waals surface area contributed by atoms with Crippen molar-refractivity contribution in [2.24, 2.45) is 0 Å². The van der Waals surface area contributed by atoms with Crippen molar-refractivity contribution < 1.29 is 23.8 Å². The van der Waals surface area contributed by atoms with Gasteiger partial charge in [-0.1, -0.05) is 6.07 Å². The second-order valence-electron chi connectivity index (χ2n) is 6.07. The highest BCUT2D eigenvalue weighted by Gasteiger charge is 2.17. The van der Waals surface area contributed by atoms with Crippen LogP contribution < -0.4 is 20.3 Å². The third-order valence-corrected chi connectivity index (χ3v) is 4.31. The lowest BCUT2D eigenvalue weighted by Crippen LogP contribution is -2.36. The molecule has 0 spiro atoms. The number of hydrogen-bond acceptors (Lipinski definition) is 6. The van der Waals surface area contributed by atoms with Gasteiger partial charge in [-0.3, -0.25) is 14.4 Å². The van der Waals surface area contributed by atoms with Crippen molar-refractivity contribution in [2.75, 3.05) is 27.9 Å². The van der Waals surface area contributed by atoms with Gasteiger partial charge in [-0.15, -0.1) is 0 Å². The molecule has 8 heteroatoms. The molecular formula is C20H24N2O6. The fraction of sp³-hybridized carbons (Fsp3) is 0.350. The van der Waals surface area contributed by atoms with E-state index in [0.29, 0.717) is 30.0 Å². The molecule has 0 saturated heterocycles. The first kappa shape index (κ1) is 21.0. The molecule has 2 rings (SSSR count). The van der Waals surface area contributed by atoms with E-state index in [1.54, 1.807) is 39.5 Å². The number of pyridine rings is 1. The molecular weight excluding hydrogens is 364 g/mol. The van der Waals surface area contributed by atoms with Gasteiger partial charge in [-0.2, -0.15) is 0 Å². The van der Waals surface area contributed by atoms with Crippen molar-refractivity contribution in [3.05, 3.63) is 57.5 Å². The highest BCUT2D eigenvalue weighted by molar-refractivity contribution is 5.96. The van der Waals surface area contributed by atoms with Crippen LogP contribution in [-0.4, -0.2) is 44.3 Å². The lowest BCUT2D eigenvalue weighted by molar-refractivity contribution is -0.139. The minimum atomic E-state index is -0.603. The molecule has 2 aromatic rings. The van der Waals surface area contributed by atoms with Gasteiger partial charge in [0.15, 0.2) is 11.5 Å². The SMILES string of the molecule is COC(=O)CNC(=O)c1c(C)ccn(CCc2ccc(OC)c(OC)c2)c1=O.